The first-order valence-corrected chi connectivity index (χ1v) is 5.93. The highest BCUT2D eigenvalue weighted by Crippen LogP contribution is 2.12. The van der Waals surface area contributed by atoms with Crippen molar-refractivity contribution in [2.75, 3.05) is 0 Å². The molecule has 3 aromatic rings. The Bertz CT molecular complexity index is 672. The van der Waals surface area contributed by atoms with E-state index in [-0.39, 0.29) is 0 Å². The molecule has 0 bridgehead atoms. The van der Waals surface area contributed by atoms with Gasteiger partial charge >= 0.3 is 0 Å². The van der Waals surface area contributed by atoms with Gasteiger partial charge in [-0.15, -0.1) is 5.10 Å². The Morgan fingerprint density at radius 1 is 1.00 bits per heavy atom. The second-order valence-electron chi connectivity index (χ2n) is 4.26. The molecule has 4 nitrogen and oxygen atoms in total. The molecule has 0 saturated heterocycles. The van der Waals surface area contributed by atoms with Crippen molar-refractivity contribution in [3.8, 4) is 0 Å². The van der Waals surface area contributed by atoms with Gasteiger partial charge in [0.05, 0.1) is 12.1 Å². The third-order valence-electron chi connectivity index (χ3n) is 2.98. The summed E-state index contributed by atoms with van der Waals surface area (Å²) in [4.78, 5) is 0. The Morgan fingerprint density at radius 3 is 2.72 bits per heavy atom. The first-order chi connectivity index (χ1) is 8.86. The summed E-state index contributed by atoms with van der Waals surface area (Å²) in [5.41, 5.74) is 9.95. The highest BCUT2D eigenvalue weighted by Gasteiger charge is 2.04. The summed E-state index contributed by atoms with van der Waals surface area (Å²) in [6.45, 7) is 1.28. The first-order valence-electron chi connectivity index (χ1n) is 5.93. The molecule has 0 atom stereocenters. The smallest absolute Gasteiger partial charge is 0.113 e. The van der Waals surface area contributed by atoms with Crippen molar-refractivity contribution in [1.82, 2.24) is 15.0 Å². The zero-order valence-corrected chi connectivity index (χ0v) is 9.95. The van der Waals surface area contributed by atoms with E-state index >= 15 is 0 Å². The molecule has 0 aliphatic heterocycles. The number of aromatic nitrogens is 3. The van der Waals surface area contributed by atoms with Gasteiger partial charge in [0.25, 0.3) is 0 Å². The number of para-hydroxylation sites is 1. The van der Waals surface area contributed by atoms with Crippen LogP contribution in [-0.4, -0.2) is 15.0 Å². The van der Waals surface area contributed by atoms with Gasteiger partial charge in [-0.05, 0) is 23.3 Å². The van der Waals surface area contributed by atoms with E-state index < -0.39 is 0 Å². The van der Waals surface area contributed by atoms with Crippen LogP contribution in [0.2, 0.25) is 0 Å². The van der Waals surface area contributed by atoms with Crippen LogP contribution in [0.25, 0.3) is 11.0 Å². The van der Waals surface area contributed by atoms with Crippen LogP contribution >= 0.6 is 0 Å². The van der Waals surface area contributed by atoms with Crippen LogP contribution in [0, 0.1) is 0 Å². The number of benzene rings is 2. The number of hydrogen-bond donors (Lipinski definition) is 1. The lowest BCUT2D eigenvalue weighted by Crippen LogP contribution is -2.03. The van der Waals surface area contributed by atoms with Crippen LogP contribution in [0.4, 0.5) is 0 Å². The highest BCUT2D eigenvalue weighted by atomic mass is 15.4. The summed E-state index contributed by atoms with van der Waals surface area (Å²) in [5, 5.41) is 8.33. The molecule has 1 heterocycles. The predicted molar refractivity (Wildman–Crippen MR) is 71.0 cm³/mol. The molecule has 0 radical (unpaired) electrons. The molecule has 2 N–H and O–H groups in total. The number of rotatable bonds is 3. The summed E-state index contributed by atoms with van der Waals surface area (Å²) >= 11 is 0. The molecule has 2 aromatic carbocycles. The van der Waals surface area contributed by atoms with E-state index in [0.29, 0.717) is 13.1 Å². The Morgan fingerprint density at radius 2 is 1.83 bits per heavy atom. The molecule has 90 valence electrons. The van der Waals surface area contributed by atoms with Crippen molar-refractivity contribution in [2.24, 2.45) is 5.73 Å². The third-order valence-corrected chi connectivity index (χ3v) is 2.98. The van der Waals surface area contributed by atoms with Gasteiger partial charge in [0.15, 0.2) is 0 Å². The van der Waals surface area contributed by atoms with E-state index in [1.807, 2.05) is 41.1 Å². The molecule has 0 aliphatic carbocycles. The van der Waals surface area contributed by atoms with E-state index in [2.05, 4.69) is 22.4 Å². The van der Waals surface area contributed by atoms with Crippen molar-refractivity contribution in [3.05, 3.63) is 59.7 Å². The fraction of sp³-hybridized carbons (Fsp3) is 0.143. The summed E-state index contributed by atoms with van der Waals surface area (Å²) in [6.07, 6.45) is 0. The lowest BCUT2D eigenvalue weighted by molar-refractivity contribution is 0.669. The molecule has 0 amide bonds. The van der Waals surface area contributed by atoms with Gasteiger partial charge in [0.1, 0.15) is 5.52 Å². The molecule has 0 aliphatic rings. The minimum Gasteiger partial charge on any atom is -0.326 e. The van der Waals surface area contributed by atoms with Gasteiger partial charge in [0.2, 0.25) is 0 Å². The van der Waals surface area contributed by atoms with Crippen LogP contribution in [0.3, 0.4) is 0 Å². The van der Waals surface area contributed by atoms with E-state index in [1.165, 1.54) is 5.56 Å². The lowest BCUT2D eigenvalue weighted by Gasteiger charge is -2.04. The minimum atomic E-state index is 0.561. The molecule has 0 spiro atoms. The zero-order chi connectivity index (χ0) is 12.4. The first kappa shape index (κ1) is 10.9. The number of nitrogens with two attached hydrogens (primary N) is 1. The summed E-state index contributed by atoms with van der Waals surface area (Å²) in [5.74, 6) is 0. The van der Waals surface area contributed by atoms with Gasteiger partial charge in [-0.2, -0.15) is 0 Å². The average Bonchev–Trinajstić information content (AvgIpc) is 2.83. The quantitative estimate of drug-likeness (QED) is 0.758. The van der Waals surface area contributed by atoms with Crippen molar-refractivity contribution in [1.29, 1.82) is 0 Å². The summed E-state index contributed by atoms with van der Waals surface area (Å²) in [6, 6.07) is 16.2. The van der Waals surface area contributed by atoms with E-state index in [9.17, 15) is 0 Å². The molecule has 1 aromatic heterocycles. The van der Waals surface area contributed by atoms with Crippen LogP contribution in [-0.2, 0) is 13.1 Å². The Balaban J connectivity index is 1.96. The maximum absolute atomic E-state index is 5.65. The molecule has 0 saturated carbocycles. The second-order valence-corrected chi connectivity index (χ2v) is 4.26. The van der Waals surface area contributed by atoms with Gasteiger partial charge < -0.3 is 5.73 Å². The molecule has 0 fully saturated rings. The standard InChI is InChI=1S/C14H14N4/c15-9-11-4-3-5-12(8-11)10-18-14-7-2-1-6-13(14)16-17-18/h1-8H,9-10,15H2. The Hall–Kier alpha value is -2.20. The Labute approximate surface area is 105 Å². The highest BCUT2D eigenvalue weighted by molar-refractivity contribution is 5.73. The van der Waals surface area contributed by atoms with Gasteiger partial charge in [-0.25, -0.2) is 4.68 Å². The molecule has 3 rings (SSSR count). The van der Waals surface area contributed by atoms with Gasteiger partial charge in [0, 0.05) is 6.54 Å². The van der Waals surface area contributed by atoms with Crippen LogP contribution < -0.4 is 5.73 Å². The molecular formula is C14H14N4. The average molecular weight is 238 g/mol. The van der Waals surface area contributed by atoms with Crippen LogP contribution in [0.15, 0.2) is 48.5 Å². The van der Waals surface area contributed by atoms with E-state index in [0.717, 1.165) is 16.6 Å². The van der Waals surface area contributed by atoms with Crippen molar-refractivity contribution in [2.45, 2.75) is 13.1 Å². The topological polar surface area (TPSA) is 56.7 Å². The van der Waals surface area contributed by atoms with Crippen molar-refractivity contribution in [3.63, 3.8) is 0 Å². The predicted octanol–water partition coefficient (Wildman–Crippen LogP) is 1.94. The molecule has 0 unspecified atom stereocenters. The summed E-state index contributed by atoms with van der Waals surface area (Å²) < 4.78 is 1.91. The Kier molecular flexibility index (Phi) is 2.78. The molecule has 4 heteroatoms. The number of hydrogen-bond acceptors (Lipinski definition) is 3. The maximum Gasteiger partial charge on any atom is 0.113 e. The minimum absolute atomic E-state index is 0.561. The van der Waals surface area contributed by atoms with Gasteiger partial charge in [-0.1, -0.05) is 41.6 Å². The monoisotopic (exact) mass is 238 g/mol. The fourth-order valence-electron chi connectivity index (χ4n) is 2.06. The second kappa shape index (κ2) is 4.58. The summed E-state index contributed by atoms with van der Waals surface area (Å²) in [7, 11) is 0. The van der Waals surface area contributed by atoms with Crippen LogP contribution in [0.5, 0.6) is 0 Å². The fourth-order valence-corrected chi connectivity index (χ4v) is 2.06. The third kappa shape index (κ3) is 1.98. The van der Waals surface area contributed by atoms with Gasteiger partial charge in [-0.3, -0.25) is 0 Å². The number of fused-ring (bicyclic) bond motifs is 1. The SMILES string of the molecule is NCc1cccc(Cn2nnc3ccccc32)c1. The van der Waals surface area contributed by atoms with E-state index in [4.69, 9.17) is 5.73 Å². The maximum atomic E-state index is 5.65. The molecule has 18 heavy (non-hydrogen) atoms. The zero-order valence-electron chi connectivity index (χ0n) is 9.95. The lowest BCUT2D eigenvalue weighted by atomic mass is 10.1. The largest absolute Gasteiger partial charge is 0.326 e. The van der Waals surface area contributed by atoms with Crippen LogP contribution in [0.1, 0.15) is 11.1 Å². The normalized spacial score (nSPS) is 10.9. The van der Waals surface area contributed by atoms with Crippen molar-refractivity contribution >= 4 is 11.0 Å². The number of nitrogens with zero attached hydrogens (tertiary/aromatic N) is 3. The van der Waals surface area contributed by atoms with Crippen molar-refractivity contribution < 1.29 is 0 Å². The van der Waals surface area contributed by atoms with E-state index in [1.54, 1.807) is 0 Å². The molecular weight excluding hydrogens is 224 g/mol.